The van der Waals surface area contributed by atoms with Gasteiger partial charge in [-0.3, -0.25) is 0 Å². The van der Waals surface area contributed by atoms with Crippen LogP contribution in [-0.4, -0.2) is 5.75 Å². The smallest absolute Gasteiger partial charge is 0.144 e. The first-order valence-corrected chi connectivity index (χ1v) is 4.91. The summed E-state index contributed by atoms with van der Waals surface area (Å²) >= 11 is 0. The van der Waals surface area contributed by atoms with Gasteiger partial charge in [-0.05, 0) is 6.42 Å². The molecule has 0 aliphatic carbocycles. The summed E-state index contributed by atoms with van der Waals surface area (Å²) in [6.45, 7) is 2.15. The van der Waals surface area contributed by atoms with Crippen LogP contribution in [0.15, 0.2) is 0 Å². The van der Waals surface area contributed by atoms with E-state index in [-0.39, 0.29) is 0 Å². The van der Waals surface area contributed by atoms with E-state index in [4.69, 9.17) is 5.26 Å². The molecule has 0 aliphatic rings. The van der Waals surface area contributed by atoms with Gasteiger partial charge in [-0.1, -0.05) is 24.1 Å². The quantitative estimate of drug-likeness (QED) is 0.347. The third-order valence-electron chi connectivity index (χ3n) is 0.677. The Hall–Kier alpha value is 0.190. The maximum Gasteiger partial charge on any atom is 0.144 e. The van der Waals surface area contributed by atoms with E-state index in [0.29, 0.717) is 0 Å². The highest BCUT2D eigenvalue weighted by molar-refractivity contribution is 8.78. The van der Waals surface area contributed by atoms with Crippen LogP contribution in [0, 0.1) is 10.7 Å². The Labute approximate surface area is 58.2 Å². The first-order chi connectivity index (χ1) is 3.91. The molecule has 0 atom stereocenters. The van der Waals surface area contributed by atoms with Crippen molar-refractivity contribution >= 4 is 21.6 Å². The zero-order valence-corrected chi connectivity index (χ0v) is 6.52. The Morgan fingerprint density at radius 2 is 2.38 bits per heavy atom. The lowest BCUT2D eigenvalue weighted by Crippen LogP contribution is -1.70. The van der Waals surface area contributed by atoms with Gasteiger partial charge < -0.3 is 0 Å². The Balaban J connectivity index is 2.65. The fourth-order valence-corrected chi connectivity index (χ4v) is 1.58. The molecule has 0 unspecified atom stereocenters. The molecule has 1 nitrogen and oxygen atoms in total. The number of rotatable bonds is 4. The first-order valence-electron chi connectivity index (χ1n) is 2.59. The number of thiocyanates is 1. The summed E-state index contributed by atoms with van der Waals surface area (Å²) in [4.78, 5) is 0. The van der Waals surface area contributed by atoms with Crippen molar-refractivity contribution in [2.45, 2.75) is 19.8 Å². The molecule has 46 valence electrons. The van der Waals surface area contributed by atoms with E-state index >= 15 is 0 Å². The van der Waals surface area contributed by atoms with Gasteiger partial charge in [-0.15, -0.1) is 0 Å². The fraction of sp³-hybridized carbons (Fsp3) is 0.800. The third kappa shape index (κ3) is 6.19. The Morgan fingerprint density at radius 1 is 1.62 bits per heavy atom. The maximum absolute atomic E-state index is 8.06. The van der Waals surface area contributed by atoms with Crippen molar-refractivity contribution < 1.29 is 0 Å². The van der Waals surface area contributed by atoms with Crippen molar-refractivity contribution in [2.75, 3.05) is 5.75 Å². The SMILES string of the molecule is CCCCSSC#N. The largest absolute Gasteiger partial charge is 0.184 e. The minimum atomic E-state index is 1.11. The van der Waals surface area contributed by atoms with Crippen LogP contribution in [-0.2, 0) is 0 Å². The van der Waals surface area contributed by atoms with Gasteiger partial charge in [0, 0.05) is 16.5 Å². The predicted octanol–water partition coefficient (Wildman–Crippen LogP) is 2.65. The third-order valence-corrected chi connectivity index (χ3v) is 2.40. The summed E-state index contributed by atoms with van der Waals surface area (Å²) in [6.07, 6.45) is 2.44. The molecule has 0 heterocycles. The standard InChI is InChI=1S/C5H9NS2/c1-2-3-4-7-8-5-6/h2-4H2,1H3. The molecule has 0 fully saturated rings. The second-order valence-electron chi connectivity index (χ2n) is 1.35. The molecular formula is C5H9NS2. The number of nitrogens with zero attached hydrogens (tertiary/aromatic N) is 1. The number of unbranched alkanes of at least 4 members (excludes halogenated alkanes) is 1. The minimum Gasteiger partial charge on any atom is -0.184 e. The van der Waals surface area contributed by atoms with Crippen LogP contribution in [0.4, 0.5) is 0 Å². The van der Waals surface area contributed by atoms with Crippen molar-refractivity contribution in [3.63, 3.8) is 0 Å². The van der Waals surface area contributed by atoms with Gasteiger partial charge >= 0.3 is 0 Å². The van der Waals surface area contributed by atoms with Crippen molar-refractivity contribution in [3.05, 3.63) is 0 Å². The van der Waals surface area contributed by atoms with Crippen LogP contribution in [0.25, 0.3) is 0 Å². The molecule has 0 radical (unpaired) electrons. The van der Waals surface area contributed by atoms with Gasteiger partial charge in [-0.2, -0.15) is 5.26 Å². The van der Waals surface area contributed by atoms with Crippen molar-refractivity contribution in [3.8, 4) is 5.40 Å². The van der Waals surface area contributed by atoms with Crippen LogP contribution in [0.5, 0.6) is 0 Å². The molecule has 8 heavy (non-hydrogen) atoms. The van der Waals surface area contributed by atoms with E-state index in [1.165, 1.54) is 23.6 Å². The fourth-order valence-electron chi connectivity index (χ4n) is 0.271. The molecule has 0 aliphatic heterocycles. The molecule has 0 amide bonds. The Morgan fingerprint density at radius 3 is 2.88 bits per heavy atom. The molecular weight excluding hydrogens is 138 g/mol. The summed E-state index contributed by atoms with van der Waals surface area (Å²) in [6, 6.07) is 0. The topological polar surface area (TPSA) is 23.8 Å². The predicted molar refractivity (Wildman–Crippen MR) is 40.6 cm³/mol. The van der Waals surface area contributed by atoms with Gasteiger partial charge in [0.15, 0.2) is 0 Å². The van der Waals surface area contributed by atoms with E-state index < -0.39 is 0 Å². The van der Waals surface area contributed by atoms with E-state index in [2.05, 4.69) is 6.92 Å². The van der Waals surface area contributed by atoms with Crippen LogP contribution in [0.2, 0.25) is 0 Å². The average molecular weight is 147 g/mol. The van der Waals surface area contributed by atoms with Crippen molar-refractivity contribution in [1.82, 2.24) is 0 Å². The highest BCUT2D eigenvalue weighted by Crippen LogP contribution is 2.19. The number of hydrogen-bond donors (Lipinski definition) is 0. The van der Waals surface area contributed by atoms with Gasteiger partial charge in [0.2, 0.25) is 0 Å². The molecule has 0 aromatic rings. The molecule has 3 heteroatoms. The van der Waals surface area contributed by atoms with E-state index in [9.17, 15) is 0 Å². The molecule has 0 bridgehead atoms. The Bertz CT molecular complexity index is 77.0. The van der Waals surface area contributed by atoms with Crippen LogP contribution < -0.4 is 0 Å². The molecule has 0 aromatic heterocycles. The lowest BCUT2D eigenvalue weighted by molar-refractivity contribution is 0.898. The van der Waals surface area contributed by atoms with Gasteiger partial charge in [0.25, 0.3) is 0 Å². The molecule has 0 saturated carbocycles. The molecule has 0 N–H and O–H groups in total. The normalized spacial score (nSPS) is 8.50. The summed E-state index contributed by atoms with van der Waals surface area (Å²) in [7, 11) is 2.90. The van der Waals surface area contributed by atoms with Crippen LogP contribution in [0.1, 0.15) is 19.8 Å². The maximum atomic E-state index is 8.06. The lowest BCUT2D eigenvalue weighted by atomic mass is 10.4. The molecule has 0 saturated heterocycles. The van der Waals surface area contributed by atoms with Gasteiger partial charge in [0.1, 0.15) is 5.40 Å². The second kappa shape index (κ2) is 7.19. The number of hydrogen-bond acceptors (Lipinski definition) is 3. The highest BCUT2D eigenvalue weighted by Gasteiger charge is 1.84. The second-order valence-corrected chi connectivity index (χ2v) is 3.55. The highest BCUT2D eigenvalue weighted by atomic mass is 33.1. The first kappa shape index (κ1) is 8.19. The van der Waals surface area contributed by atoms with Gasteiger partial charge in [0.05, 0.1) is 0 Å². The summed E-state index contributed by atoms with van der Waals surface area (Å²) in [5, 5.41) is 10.1. The van der Waals surface area contributed by atoms with Crippen LogP contribution >= 0.6 is 21.6 Å². The van der Waals surface area contributed by atoms with E-state index in [1.54, 1.807) is 10.8 Å². The minimum absolute atomic E-state index is 1.11. The van der Waals surface area contributed by atoms with Crippen molar-refractivity contribution in [2.24, 2.45) is 0 Å². The lowest BCUT2D eigenvalue weighted by Gasteiger charge is -1.88. The summed E-state index contributed by atoms with van der Waals surface area (Å²) in [5.41, 5.74) is 0. The molecule has 0 rings (SSSR count). The van der Waals surface area contributed by atoms with Crippen LogP contribution in [0.3, 0.4) is 0 Å². The average Bonchev–Trinajstić information content (AvgIpc) is 1.81. The van der Waals surface area contributed by atoms with Crippen molar-refractivity contribution in [1.29, 1.82) is 5.26 Å². The van der Waals surface area contributed by atoms with Gasteiger partial charge in [-0.25, -0.2) is 0 Å². The molecule has 0 aromatic carbocycles. The zero-order valence-electron chi connectivity index (χ0n) is 4.89. The summed E-state index contributed by atoms with van der Waals surface area (Å²) in [5.74, 6) is 1.11. The summed E-state index contributed by atoms with van der Waals surface area (Å²) < 4.78 is 0. The van der Waals surface area contributed by atoms with E-state index in [1.807, 2.05) is 5.40 Å². The van der Waals surface area contributed by atoms with E-state index in [0.717, 1.165) is 5.75 Å². The monoisotopic (exact) mass is 147 g/mol. The molecule has 0 spiro atoms. The number of nitriles is 1. The Kier molecular flexibility index (Phi) is 7.36. The zero-order chi connectivity index (χ0) is 6.24.